The number of nitrogens with two attached hydrogens (primary N) is 1. The molecule has 90 valence electrons. The van der Waals surface area contributed by atoms with Crippen molar-refractivity contribution in [3.63, 3.8) is 0 Å². The Morgan fingerprint density at radius 2 is 2.12 bits per heavy atom. The van der Waals surface area contributed by atoms with Crippen molar-refractivity contribution in [2.75, 3.05) is 10.5 Å². The maximum absolute atomic E-state index is 12.0. The third kappa shape index (κ3) is 1.99. The Bertz CT molecular complexity index is 454. The summed E-state index contributed by atoms with van der Waals surface area (Å²) in [5, 5.41) is 3.60. The lowest BCUT2D eigenvalue weighted by Gasteiger charge is -2.13. The monoisotopic (exact) mass is 244 g/mol. The van der Waals surface area contributed by atoms with Gasteiger partial charge in [-0.1, -0.05) is 12.8 Å². The number of nitrogens with one attached hydrogen (secondary N) is 1. The maximum Gasteiger partial charge on any atom is 0.236 e. The summed E-state index contributed by atoms with van der Waals surface area (Å²) in [6.07, 6.45) is 4.85. The number of aryl methyl sites for hydroxylation is 1. The Hall–Kier alpha value is -1.24. The Balaban J connectivity index is 2.20. The molecule has 1 aliphatic rings. The molecule has 1 saturated carbocycles. The highest BCUT2D eigenvalue weighted by Crippen LogP contribution is 2.27. The highest BCUT2D eigenvalue weighted by Gasteiger charge is 2.29. The van der Waals surface area contributed by atoms with Crippen molar-refractivity contribution in [2.24, 2.45) is 7.05 Å². The minimum Gasteiger partial charge on any atom is -0.394 e. The lowest BCUT2D eigenvalue weighted by Crippen LogP contribution is -2.26. The molecule has 1 aliphatic carbocycles. The van der Waals surface area contributed by atoms with E-state index in [4.69, 9.17) is 5.73 Å². The molecule has 1 fully saturated rings. The average Bonchev–Trinajstić information content (AvgIpc) is 2.83. The molecule has 2 rings (SSSR count). The molecule has 0 saturated heterocycles. The first-order chi connectivity index (χ1) is 7.50. The van der Waals surface area contributed by atoms with Crippen molar-refractivity contribution in [1.82, 2.24) is 9.78 Å². The fraction of sp³-hybridized carbons (Fsp3) is 0.667. The Morgan fingerprint density at radius 3 is 2.62 bits per heavy atom. The van der Waals surface area contributed by atoms with Crippen LogP contribution in [0.15, 0.2) is 6.20 Å². The van der Waals surface area contributed by atoms with E-state index in [-0.39, 0.29) is 5.25 Å². The van der Waals surface area contributed by atoms with E-state index >= 15 is 0 Å². The predicted octanol–water partition coefficient (Wildman–Crippen LogP) is 0.687. The number of nitrogens with zero attached hydrogens (tertiary/aromatic N) is 2. The lowest BCUT2D eigenvalue weighted by atomic mass is 10.4. The van der Waals surface area contributed by atoms with Crippen LogP contribution in [0, 0.1) is 0 Å². The molecule has 1 aromatic rings. The van der Waals surface area contributed by atoms with Crippen LogP contribution < -0.4 is 10.5 Å². The van der Waals surface area contributed by atoms with Crippen LogP contribution in [0.5, 0.6) is 0 Å². The summed E-state index contributed by atoms with van der Waals surface area (Å²) in [4.78, 5) is 0. The number of nitrogen functional groups attached to an aromatic ring is 1. The zero-order valence-electron chi connectivity index (χ0n) is 9.18. The Morgan fingerprint density at radius 1 is 1.50 bits per heavy atom. The molecule has 0 bridgehead atoms. The lowest BCUT2D eigenvalue weighted by molar-refractivity contribution is 0.584. The van der Waals surface area contributed by atoms with Gasteiger partial charge in [-0.05, 0) is 12.8 Å². The minimum atomic E-state index is -3.32. The van der Waals surface area contributed by atoms with Gasteiger partial charge >= 0.3 is 0 Å². The van der Waals surface area contributed by atoms with Gasteiger partial charge in [0, 0.05) is 7.05 Å². The van der Waals surface area contributed by atoms with Crippen LogP contribution in [0.4, 0.5) is 11.5 Å². The van der Waals surface area contributed by atoms with E-state index in [2.05, 4.69) is 9.82 Å². The molecule has 0 radical (unpaired) electrons. The number of rotatable bonds is 3. The van der Waals surface area contributed by atoms with Gasteiger partial charge in [-0.2, -0.15) is 5.10 Å². The largest absolute Gasteiger partial charge is 0.394 e. The normalized spacial score (nSPS) is 17.8. The van der Waals surface area contributed by atoms with Crippen molar-refractivity contribution < 1.29 is 8.42 Å². The summed E-state index contributed by atoms with van der Waals surface area (Å²) in [6, 6.07) is 0. The topological polar surface area (TPSA) is 90.0 Å². The maximum atomic E-state index is 12.0. The Labute approximate surface area is 94.9 Å². The molecule has 7 heteroatoms. The number of hydrogen-bond donors (Lipinski definition) is 2. The first-order valence-corrected chi connectivity index (χ1v) is 6.84. The van der Waals surface area contributed by atoms with Crippen LogP contribution >= 0.6 is 0 Å². The van der Waals surface area contributed by atoms with Crippen LogP contribution in [0.2, 0.25) is 0 Å². The number of anilines is 2. The highest BCUT2D eigenvalue weighted by molar-refractivity contribution is 7.93. The molecule has 16 heavy (non-hydrogen) atoms. The highest BCUT2D eigenvalue weighted by atomic mass is 32.2. The molecule has 0 unspecified atom stereocenters. The zero-order chi connectivity index (χ0) is 11.8. The summed E-state index contributed by atoms with van der Waals surface area (Å²) in [5.74, 6) is 0.354. The smallest absolute Gasteiger partial charge is 0.236 e. The summed E-state index contributed by atoms with van der Waals surface area (Å²) in [6.45, 7) is 0. The van der Waals surface area contributed by atoms with E-state index in [1.165, 1.54) is 10.9 Å². The van der Waals surface area contributed by atoms with Crippen molar-refractivity contribution >= 4 is 21.5 Å². The molecular weight excluding hydrogens is 228 g/mol. The Kier molecular flexibility index (Phi) is 2.79. The second-order valence-electron chi connectivity index (χ2n) is 4.13. The molecule has 0 atom stereocenters. The second-order valence-corrected chi connectivity index (χ2v) is 6.09. The molecule has 1 aromatic heterocycles. The van der Waals surface area contributed by atoms with Gasteiger partial charge in [-0.25, -0.2) is 8.42 Å². The molecule has 1 heterocycles. The predicted molar refractivity (Wildman–Crippen MR) is 62.4 cm³/mol. The van der Waals surface area contributed by atoms with Gasteiger partial charge in [0.1, 0.15) is 0 Å². The average molecular weight is 244 g/mol. The van der Waals surface area contributed by atoms with Crippen molar-refractivity contribution in [3.8, 4) is 0 Å². The first kappa shape index (κ1) is 11.3. The van der Waals surface area contributed by atoms with Crippen molar-refractivity contribution in [3.05, 3.63) is 6.20 Å². The van der Waals surface area contributed by atoms with E-state index in [1.807, 2.05) is 0 Å². The zero-order valence-corrected chi connectivity index (χ0v) is 10.00. The van der Waals surface area contributed by atoms with Gasteiger partial charge in [0.15, 0.2) is 5.82 Å². The SMILES string of the molecule is Cn1ncc(N)c1NS(=O)(=O)C1CCCC1. The minimum absolute atomic E-state index is 0.290. The molecule has 0 aliphatic heterocycles. The van der Waals surface area contributed by atoms with E-state index in [1.54, 1.807) is 7.05 Å². The first-order valence-electron chi connectivity index (χ1n) is 5.30. The van der Waals surface area contributed by atoms with Gasteiger partial charge in [0.25, 0.3) is 0 Å². The van der Waals surface area contributed by atoms with Crippen LogP contribution in [0.1, 0.15) is 25.7 Å². The fourth-order valence-corrected chi connectivity index (χ4v) is 3.64. The summed E-state index contributed by atoms with van der Waals surface area (Å²) in [5.41, 5.74) is 5.99. The quantitative estimate of drug-likeness (QED) is 0.818. The van der Waals surface area contributed by atoms with Gasteiger partial charge < -0.3 is 5.73 Å². The molecule has 6 nitrogen and oxygen atoms in total. The van der Waals surface area contributed by atoms with Gasteiger partial charge in [0.2, 0.25) is 10.0 Å². The molecule has 3 N–H and O–H groups in total. The summed E-state index contributed by atoms with van der Waals surface area (Å²) < 4.78 is 28.0. The third-order valence-electron chi connectivity index (χ3n) is 2.95. The van der Waals surface area contributed by atoms with Crippen LogP contribution in [0.25, 0.3) is 0 Å². The van der Waals surface area contributed by atoms with Crippen LogP contribution in [-0.4, -0.2) is 23.4 Å². The van der Waals surface area contributed by atoms with Gasteiger partial charge in [-0.15, -0.1) is 0 Å². The van der Waals surface area contributed by atoms with E-state index < -0.39 is 10.0 Å². The molecular formula is C9H16N4O2S. The summed E-state index contributed by atoms with van der Waals surface area (Å²) in [7, 11) is -1.66. The number of sulfonamides is 1. The van der Waals surface area contributed by atoms with Crippen molar-refractivity contribution in [1.29, 1.82) is 0 Å². The second kappa shape index (κ2) is 3.97. The van der Waals surface area contributed by atoms with E-state index in [0.717, 1.165) is 25.7 Å². The van der Waals surface area contributed by atoms with Crippen LogP contribution in [0.3, 0.4) is 0 Å². The number of hydrogen-bond acceptors (Lipinski definition) is 4. The van der Waals surface area contributed by atoms with E-state index in [9.17, 15) is 8.42 Å². The van der Waals surface area contributed by atoms with E-state index in [0.29, 0.717) is 11.5 Å². The van der Waals surface area contributed by atoms with Gasteiger partial charge in [-0.3, -0.25) is 9.40 Å². The standard InChI is InChI=1S/C9H16N4O2S/c1-13-9(8(10)6-11-13)12-16(14,15)7-4-2-3-5-7/h6-7,12H,2-5,10H2,1H3. The molecule has 0 spiro atoms. The van der Waals surface area contributed by atoms with Gasteiger partial charge in [0.05, 0.1) is 17.1 Å². The van der Waals surface area contributed by atoms with Crippen molar-refractivity contribution in [2.45, 2.75) is 30.9 Å². The molecule has 0 aromatic carbocycles. The fourth-order valence-electron chi connectivity index (χ4n) is 2.00. The van der Waals surface area contributed by atoms with Crippen LogP contribution in [-0.2, 0) is 17.1 Å². The molecule has 0 amide bonds. The third-order valence-corrected chi connectivity index (χ3v) is 4.77. The summed E-state index contributed by atoms with van der Waals surface area (Å²) >= 11 is 0. The number of aromatic nitrogens is 2.